The number of nitrogens with one attached hydrogen (secondary N) is 2. The first kappa shape index (κ1) is 14.7. The lowest BCUT2D eigenvalue weighted by atomic mass is 10.3. The molecule has 0 amide bonds. The van der Waals surface area contributed by atoms with Crippen LogP contribution in [0.4, 0.5) is 33.2 Å². The van der Waals surface area contributed by atoms with Crippen LogP contribution in [-0.4, -0.2) is 15.0 Å². The molecule has 2 heterocycles. The molecule has 0 radical (unpaired) electrons. The molecule has 2 aromatic heterocycles. The third kappa shape index (κ3) is 3.52. The van der Waals surface area contributed by atoms with Gasteiger partial charge in [-0.2, -0.15) is 0 Å². The Kier molecular flexibility index (Phi) is 4.01. The van der Waals surface area contributed by atoms with Gasteiger partial charge in [0.1, 0.15) is 23.6 Å². The van der Waals surface area contributed by atoms with Gasteiger partial charge in [-0.1, -0.05) is 6.07 Å². The van der Waals surface area contributed by atoms with Gasteiger partial charge in [0, 0.05) is 11.9 Å². The predicted octanol–water partition coefficient (Wildman–Crippen LogP) is 3.39. The van der Waals surface area contributed by atoms with Crippen LogP contribution in [0, 0.1) is 12.7 Å². The van der Waals surface area contributed by atoms with Crippen molar-refractivity contribution in [2.45, 2.75) is 6.92 Å². The van der Waals surface area contributed by atoms with Crippen molar-refractivity contribution < 1.29 is 4.39 Å². The molecule has 0 fully saturated rings. The topological polar surface area (TPSA) is 88.8 Å². The molecule has 7 heteroatoms. The van der Waals surface area contributed by atoms with Gasteiger partial charge in [0.15, 0.2) is 11.6 Å². The van der Waals surface area contributed by atoms with Gasteiger partial charge in [-0.05, 0) is 42.8 Å². The number of nitrogens with zero attached hydrogens (tertiary/aromatic N) is 3. The van der Waals surface area contributed by atoms with Crippen molar-refractivity contribution in [1.82, 2.24) is 15.0 Å². The van der Waals surface area contributed by atoms with Crippen molar-refractivity contribution in [1.29, 1.82) is 0 Å². The van der Waals surface area contributed by atoms with Gasteiger partial charge in [0.25, 0.3) is 0 Å². The number of benzene rings is 1. The first-order valence-corrected chi connectivity index (χ1v) is 6.94. The summed E-state index contributed by atoms with van der Waals surface area (Å²) in [5.41, 5.74) is 8.17. The van der Waals surface area contributed by atoms with E-state index in [1.807, 2.05) is 19.1 Å². The van der Waals surface area contributed by atoms with E-state index in [-0.39, 0.29) is 5.82 Å². The van der Waals surface area contributed by atoms with Crippen LogP contribution in [-0.2, 0) is 0 Å². The maximum Gasteiger partial charge on any atom is 0.160 e. The summed E-state index contributed by atoms with van der Waals surface area (Å²) in [5.74, 6) is 1.20. The van der Waals surface area contributed by atoms with Crippen molar-refractivity contribution in [3.8, 4) is 0 Å². The summed E-state index contributed by atoms with van der Waals surface area (Å²) in [6.45, 7) is 1.96. The molecule has 0 saturated carbocycles. The van der Waals surface area contributed by atoms with Gasteiger partial charge in [0.05, 0.1) is 0 Å². The fourth-order valence-corrected chi connectivity index (χ4v) is 1.93. The summed E-state index contributed by atoms with van der Waals surface area (Å²) in [5, 5.41) is 6.08. The first-order valence-electron chi connectivity index (χ1n) is 6.94. The van der Waals surface area contributed by atoms with Gasteiger partial charge in [-0.15, -0.1) is 0 Å². The van der Waals surface area contributed by atoms with Crippen LogP contribution >= 0.6 is 0 Å². The van der Waals surface area contributed by atoms with Gasteiger partial charge >= 0.3 is 0 Å². The number of aromatic nitrogens is 3. The van der Waals surface area contributed by atoms with Crippen LogP contribution in [0.1, 0.15) is 5.56 Å². The van der Waals surface area contributed by atoms with E-state index in [0.29, 0.717) is 28.8 Å². The van der Waals surface area contributed by atoms with Crippen LogP contribution in [0.25, 0.3) is 0 Å². The van der Waals surface area contributed by atoms with Gasteiger partial charge in [-0.3, -0.25) is 0 Å². The zero-order chi connectivity index (χ0) is 16.2. The highest BCUT2D eigenvalue weighted by Gasteiger charge is 2.09. The standard InChI is InChI=1S/C16H15FN6/c1-10-2-7-13(19-8-10)23-16-14(18)15(20-9-21-16)22-12-5-3-11(17)4-6-12/h2-9H,18H2,1H3,(H2,19,20,21,22,23). The Labute approximate surface area is 132 Å². The molecule has 1 aromatic carbocycles. The Morgan fingerprint density at radius 3 is 2.26 bits per heavy atom. The largest absolute Gasteiger partial charge is 0.393 e. The SMILES string of the molecule is Cc1ccc(Nc2ncnc(Nc3ccc(F)cc3)c2N)nc1. The fraction of sp³-hybridized carbons (Fsp3) is 0.0625. The minimum atomic E-state index is -0.306. The summed E-state index contributed by atoms with van der Waals surface area (Å²) in [6.07, 6.45) is 3.14. The van der Waals surface area contributed by atoms with E-state index in [0.717, 1.165) is 5.56 Å². The number of pyridine rings is 1. The van der Waals surface area contributed by atoms with Crippen LogP contribution in [0.3, 0.4) is 0 Å². The molecule has 0 atom stereocenters. The lowest BCUT2D eigenvalue weighted by Gasteiger charge is -2.12. The minimum absolute atomic E-state index is 0.306. The van der Waals surface area contributed by atoms with E-state index < -0.39 is 0 Å². The average molecular weight is 310 g/mol. The van der Waals surface area contributed by atoms with Crippen LogP contribution in [0.15, 0.2) is 48.9 Å². The molecule has 0 unspecified atom stereocenters. The lowest BCUT2D eigenvalue weighted by molar-refractivity contribution is 0.628. The van der Waals surface area contributed by atoms with Crippen LogP contribution in [0.5, 0.6) is 0 Å². The van der Waals surface area contributed by atoms with Crippen molar-refractivity contribution in [3.05, 3.63) is 60.3 Å². The van der Waals surface area contributed by atoms with Crippen molar-refractivity contribution in [2.75, 3.05) is 16.4 Å². The number of nitrogens with two attached hydrogens (primary N) is 1. The molecular weight excluding hydrogens is 295 g/mol. The molecule has 0 bridgehead atoms. The second-order valence-corrected chi connectivity index (χ2v) is 4.96. The normalized spacial score (nSPS) is 10.3. The monoisotopic (exact) mass is 310 g/mol. The molecule has 3 aromatic rings. The molecule has 6 nitrogen and oxygen atoms in total. The molecule has 0 aliphatic heterocycles. The molecule has 0 aliphatic rings. The highest BCUT2D eigenvalue weighted by Crippen LogP contribution is 2.27. The van der Waals surface area contributed by atoms with E-state index in [4.69, 9.17) is 5.73 Å². The number of anilines is 5. The number of hydrogen-bond donors (Lipinski definition) is 3. The van der Waals surface area contributed by atoms with Gasteiger partial charge < -0.3 is 16.4 Å². The summed E-state index contributed by atoms with van der Waals surface area (Å²) in [4.78, 5) is 12.5. The fourth-order valence-electron chi connectivity index (χ4n) is 1.93. The molecule has 0 saturated heterocycles. The number of nitrogen functional groups attached to an aromatic ring is 1. The molecule has 0 spiro atoms. The maximum atomic E-state index is 12.9. The number of hydrogen-bond acceptors (Lipinski definition) is 6. The van der Waals surface area contributed by atoms with E-state index in [2.05, 4.69) is 25.6 Å². The van der Waals surface area contributed by atoms with Crippen molar-refractivity contribution in [2.24, 2.45) is 0 Å². The highest BCUT2D eigenvalue weighted by molar-refractivity contribution is 5.79. The van der Waals surface area contributed by atoms with Gasteiger partial charge in [0.2, 0.25) is 0 Å². The van der Waals surface area contributed by atoms with E-state index in [1.165, 1.54) is 18.5 Å². The molecule has 23 heavy (non-hydrogen) atoms. The Bertz CT molecular complexity index is 736. The molecule has 0 aliphatic carbocycles. The summed E-state index contributed by atoms with van der Waals surface area (Å²) in [6, 6.07) is 9.69. The third-order valence-electron chi connectivity index (χ3n) is 3.15. The molecule has 4 N–H and O–H groups in total. The summed E-state index contributed by atoms with van der Waals surface area (Å²) >= 11 is 0. The van der Waals surface area contributed by atoms with E-state index in [9.17, 15) is 4.39 Å². The molecular formula is C16H15FN6. The zero-order valence-corrected chi connectivity index (χ0v) is 12.4. The Morgan fingerprint density at radius 1 is 0.913 bits per heavy atom. The van der Waals surface area contributed by atoms with E-state index in [1.54, 1.807) is 18.3 Å². The Morgan fingerprint density at radius 2 is 1.61 bits per heavy atom. The second kappa shape index (κ2) is 6.27. The molecule has 116 valence electrons. The lowest BCUT2D eigenvalue weighted by Crippen LogP contribution is -2.05. The Balaban J connectivity index is 1.83. The predicted molar refractivity (Wildman–Crippen MR) is 88.4 cm³/mol. The van der Waals surface area contributed by atoms with Crippen molar-refractivity contribution in [3.63, 3.8) is 0 Å². The number of rotatable bonds is 4. The quantitative estimate of drug-likeness (QED) is 0.684. The second-order valence-electron chi connectivity index (χ2n) is 4.96. The summed E-state index contributed by atoms with van der Waals surface area (Å²) < 4.78 is 12.9. The first-order chi connectivity index (χ1) is 11.1. The summed E-state index contributed by atoms with van der Waals surface area (Å²) in [7, 11) is 0. The highest BCUT2D eigenvalue weighted by atomic mass is 19.1. The minimum Gasteiger partial charge on any atom is -0.393 e. The number of aryl methyl sites for hydroxylation is 1. The molecule has 3 rings (SSSR count). The average Bonchev–Trinajstić information content (AvgIpc) is 2.55. The van der Waals surface area contributed by atoms with Crippen molar-refractivity contribution >= 4 is 28.8 Å². The van der Waals surface area contributed by atoms with E-state index >= 15 is 0 Å². The smallest absolute Gasteiger partial charge is 0.160 e. The Hall–Kier alpha value is -3.22. The van der Waals surface area contributed by atoms with Gasteiger partial charge in [-0.25, -0.2) is 19.3 Å². The van der Waals surface area contributed by atoms with Crippen LogP contribution in [0.2, 0.25) is 0 Å². The maximum absolute atomic E-state index is 12.9. The van der Waals surface area contributed by atoms with Crippen LogP contribution < -0.4 is 16.4 Å². The zero-order valence-electron chi connectivity index (χ0n) is 12.4. The third-order valence-corrected chi connectivity index (χ3v) is 3.15. The number of halogens is 1.